The fraction of sp³-hybridized carbons (Fsp3) is 0.529. The standard InChI is InChI=1S/C17H22FN3/c1-11(12-6-7-13(18)16-15(12)20-16)21-9-17(2,10-21)14-5-3-4-8-19-14/h6-7,14,19-20H,1,3-5,8-10H2,2H3. The molecular weight excluding hydrogens is 265 g/mol. The summed E-state index contributed by atoms with van der Waals surface area (Å²) in [6.07, 6.45) is 3.92. The number of nitrogens with one attached hydrogen (secondary N) is 2. The van der Waals surface area contributed by atoms with E-state index in [1.807, 2.05) is 6.07 Å². The van der Waals surface area contributed by atoms with Crippen LogP contribution in [-0.4, -0.2) is 30.6 Å². The van der Waals surface area contributed by atoms with Crippen LogP contribution in [0.1, 0.15) is 31.7 Å². The molecule has 1 unspecified atom stereocenters. The lowest BCUT2D eigenvalue weighted by Crippen LogP contribution is -2.63. The first-order valence-electron chi connectivity index (χ1n) is 7.86. The summed E-state index contributed by atoms with van der Waals surface area (Å²) in [5, 5.41) is 6.69. The van der Waals surface area contributed by atoms with E-state index in [2.05, 4.69) is 29.0 Å². The second-order valence-electron chi connectivity index (χ2n) is 6.93. The summed E-state index contributed by atoms with van der Waals surface area (Å²) in [6.45, 7) is 9.82. The van der Waals surface area contributed by atoms with Crippen molar-refractivity contribution in [3.05, 3.63) is 30.1 Å². The lowest BCUT2D eigenvalue weighted by molar-refractivity contribution is 0.0194. The minimum absolute atomic E-state index is 0.165. The SMILES string of the molecule is C=C(c1ccc(F)c2c1N2)N1CC(C)(C2CCCCN2)C1. The van der Waals surface area contributed by atoms with E-state index in [9.17, 15) is 4.39 Å². The summed E-state index contributed by atoms with van der Waals surface area (Å²) in [4.78, 5) is 2.32. The highest BCUT2D eigenvalue weighted by molar-refractivity contribution is 5.98. The fourth-order valence-corrected chi connectivity index (χ4v) is 3.89. The van der Waals surface area contributed by atoms with Crippen LogP contribution in [0.5, 0.6) is 0 Å². The quantitative estimate of drug-likeness (QED) is 0.850. The molecule has 21 heavy (non-hydrogen) atoms. The van der Waals surface area contributed by atoms with E-state index in [1.165, 1.54) is 25.3 Å². The lowest BCUT2D eigenvalue weighted by Gasteiger charge is -2.55. The number of hydrogen-bond acceptors (Lipinski definition) is 3. The summed E-state index contributed by atoms with van der Waals surface area (Å²) >= 11 is 0. The predicted molar refractivity (Wildman–Crippen MR) is 84.0 cm³/mol. The molecule has 2 N–H and O–H groups in total. The average molecular weight is 287 g/mol. The maximum Gasteiger partial charge on any atom is 0.148 e. The Morgan fingerprint density at radius 2 is 2.14 bits per heavy atom. The van der Waals surface area contributed by atoms with E-state index in [0.29, 0.717) is 17.1 Å². The van der Waals surface area contributed by atoms with Crippen molar-refractivity contribution in [1.82, 2.24) is 10.2 Å². The van der Waals surface area contributed by atoms with E-state index in [1.54, 1.807) is 0 Å². The number of fused-ring (bicyclic) bond motifs is 1. The summed E-state index contributed by atoms with van der Waals surface area (Å²) < 4.78 is 13.4. The number of benzene rings is 1. The zero-order valence-corrected chi connectivity index (χ0v) is 12.5. The van der Waals surface area contributed by atoms with Gasteiger partial charge in [-0.2, -0.15) is 0 Å². The summed E-state index contributed by atoms with van der Waals surface area (Å²) in [6, 6.07) is 3.99. The third-order valence-corrected chi connectivity index (χ3v) is 5.29. The molecule has 4 rings (SSSR count). The first-order chi connectivity index (χ1) is 10.1. The first-order valence-corrected chi connectivity index (χ1v) is 7.86. The molecule has 3 aliphatic heterocycles. The van der Waals surface area contributed by atoms with Crippen molar-refractivity contribution in [2.24, 2.45) is 5.41 Å². The number of rotatable bonds is 3. The molecule has 0 aliphatic carbocycles. The van der Waals surface area contributed by atoms with Crippen LogP contribution in [0.3, 0.4) is 0 Å². The van der Waals surface area contributed by atoms with Gasteiger partial charge in [-0.1, -0.05) is 19.9 Å². The van der Waals surface area contributed by atoms with Gasteiger partial charge in [-0.15, -0.1) is 0 Å². The Labute approximate surface area is 125 Å². The van der Waals surface area contributed by atoms with Crippen molar-refractivity contribution < 1.29 is 4.39 Å². The largest absolute Gasteiger partial charge is 0.370 e. The van der Waals surface area contributed by atoms with Crippen LogP contribution in [0.25, 0.3) is 5.70 Å². The highest BCUT2D eigenvalue weighted by atomic mass is 19.1. The van der Waals surface area contributed by atoms with E-state index < -0.39 is 0 Å². The van der Waals surface area contributed by atoms with E-state index in [0.717, 1.165) is 36.6 Å². The molecule has 2 fully saturated rings. The molecule has 0 radical (unpaired) electrons. The maximum atomic E-state index is 13.4. The Balaban J connectivity index is 1.44. The molecule has 0 amide bonds. The Morgan fingerprint density at radius 3 is 2.86 bits per heavy atom. The number of hydrogen-bond donors (Lipinski definition) is 2. The van der Waals surface area contributed by atoms with E-state index in [-0.39, 0.29) is 5.82 Å². The van der Waals surface area contributed by atoms with Crippen LogP contribution in [0.15, 0.2) is 18.7 Å². The Kier molecular flexibility index (Phi) is 2.80. The molecule has 0 bridgehead atoms. The lowest BCUT2D eigenvalue weighted by atomic mass is 9.72. The Hall–Kier alpha value is -1.55. The highest BCUT2D eigenvalue weighted by Gasteiger charge is 2.46. The zero-order chi connectivity index (χ0) is 14.6. The summed E-state index contributed by atoms with van der Waals surface area (Å²) in [7, 11) is 0. The van der Waals surface area contributed by atoms with Crippen molar-refractivity contribution in [1.29, 1.82) is 0 Å². The number of halogens is 1. The van der Waals surface area contributed by atoms with Gasteiger partial charge in [-0.05, 0) is 31.5 Å². The van der Waals surface area contributed by atoms with Gasteiger partial charge in [-0.25, -0.2) is 4.39 Å². The summed E-state index contributed by atoms with van der Waals surface area (Å²) in [5.41, 5.74) is 3.97. The monoisotopic (exact) mass is 287 g/mol. The number of piperidine rings is 1. The Bertz CT molecular complexity index is 598. The van der Waals surface area contributed by atoms with Gasteiger partial charge < -0.3 is 15.5 Å². The maximum absolute atomic E-state index is 13.4. The molecule has 3 heterocycles. The molecule has 4 heteroatoms. The number of nitrogens with zero attached hydrogens (tertiary/aromatic N) is 1. The zero-order valence-electron chi connectivity index (χ0n) is 12.5. The van der Waals surface area contributed by atoms with Gasteiger partial charge >= 0.3 is 0 Å². The van der Waals surface area contributed by atoms with E-state index >= 15 is 0 Å². The molecule has 2 saturated heterocycles. The Morgan fingerprint density at radius 1 is 1.33 bits per heavy atom. The molecular formula is C17H22FN3. The highest BCUT2D eigenvalue weighted by Crippen LogP contribution is 2.49. The van der Waals surface area contributed by atoms with Crippen molar-refractivity contribution in [2.75, 3.05) is 25.0 Å². The molecule has 1 atom stereocenters. The second kappa shape index (κ2) is 4.47. The van der Waals surface area contributed by atoms with Crippen LogP contribution in [0.4, 0.5) is 15.8 Å². The van der Waals surface area contributed by atoms with Crippen molar-refractivity contribution in [3.63, 3.8) is 0 Å². The minimum Gasteiger partial charge on any atom is -0.370 e. The molecule has 3 aliphatic rings. The van der Waals surface area contributed by atoms with Crippen LogP contribution < -0.4 is 10.6 Å². The third kappa shape index (κ3) is 2.04. The molecule has 1 aromatic carbocycles. The third-order valence-electron chi connectivity index (χ3n) is 5.29. The van der Waals surface area contributed by atoms with Gasteiger partial charge in [0.2, 0.25) is 0 Å². The van der Waals surface area contributed by atoms with Crippen LogP contribution >= 0.6 is 0 Å². The van der Waals surface area contributed by atoms with Gasteiger partial charge in [0, 0.05) is 35.8 Å². The van der Waals surface area contributed by atoms with Crippen molar-refractivity contribution in [3.8, 4) is 0 Å². The minimum atomic E-state index is -0.165. The van der Waals surface area contributed by atoms with Gasteiger partial charge in [0.25, 0.3) is 0 Å². The van der Waals surface area contributed by atoms with Crippen molar-refractivity contribution >= 4 is 17.1 Å². The van der Waals surface area contributed by atoms with Gasteiger partial charge in [-0.3, -0.25) is 0 Å². The molecule has 0 aromatic heterocycles. The van der Waals surface area contributed by atoms with Crippen LogP contribution in [0, 0.1) is 11.2 Å². The van der Waals surface area contributed by atoms with Gasteiger partial charge in [0.05, 0.1) is 11.4 Å². The normalized spacial score (nSPS) is 25.6. The summed E-state index contributed by atoms with van der Waals surface area (Å²) in [5.74, 6) is -0.165. The smallest absolute Gasteiger partial charge is 0.148 e. The molecule has 112 valence electrons. The molecule has 0 spiro atoms. The van der Waals surface area contributed by atoms with Crippen LogP contribution in [-0.2, 0) is 0 Å². The number of likely N-dealkylation sites (tertiary alicyclic amines) is 1. The average Bonchev–Trinajstić information content (AvgIpc) is 3.26. The van der Waals surface area contributed by atoms with Crippen molar-refractivity contribution in [2.45, 2.75) is 32.2 Å². The van der Waals surface area contributed by atoms with Gasteiger partial charge in [0.1, 0.15) is 5.82 Å². The van der Waals surface area contributed by atoms with Gasteiger partial charge in [0.15, 0.2) is 0 Å². The topological polar surface area (TPSA) is 37.2 Å². The first kappa shape index (κ1) is 13.1. The van der Waals surface area contributed by atoms with Crippen LogP contribution in [0.2, 0.25) is 0 Å². The van der Waals surface area contributed by atoms with E-state index in [4.69, 9.17) is 0 Å². The number of anilines is 2. The molecule has 0 saturated carbocycles. The molecule has 1 aromatic rings. The predicted octanol–water partition coefficient (Wildman–Crippen LogP) is 3.32. The fourth-order valence-electron chi connectivity index (χ4n) is 3.89. The molecule has 3 nitrogen and oxygen atoms in total. The second-order valence-corrected chi connectivity index (χ2v) is 6.93.